The maximum atomic E-state index is 13.4. The summed E-state index contributed by atoms with van der Waals surface area (Å²) in [7, 11) is -4.38. The molecule has 1 atom stereocenters. The molecule has 1 aromatic heterocycles. The fourth-order valence-corrected chi connectivity index (χ4v) is 7.35. The van der Waals surface area contributed by atoms with E-state index in [1.54, 1.807) is 18.2 Å². The van der Waals surface area contributed by atoms with Gasteiger partial charge in [0.2, 0.25) is 25.9 Å². The normalized spacial score (nSPS) is 22.0. The zero-order chi connectivity index (χ0) is 26.4. The molecule has 5 rings (SSSR count). The fraction of sp³-hybridized carbons (Fsp3) is 0.522. The molecule has 0 aliphatic carbocycles. The predicted octanol–water partition coefficient (Wildman–Crippen LogP) is 0.948. The first kappa shape index (κ1) is 26.0. The van der Waals surface area contributed by atoms with Crippen molar-refractivity contribution in [2.45, 2.75) is 40.7 Å². The Bertz CT molecular complexity index is 1390. The van der Waals surface area contributed by atoms with Crippen molar-refractivity contribution in [2.75, 3.05) is 57.2 Å². The summed E-state index contributed by atoms with van der Waals surface area (Å²) in [5, 5.41) is 13.7. The van der Waals surface area contributed by atoms with Crippen molar-refractivity contribution in [1.29, 1.82) is 0 Å². The number of rotatable bonds is 6. The highest BCUT2D eigenvalue weighted by molar-refractivity contribution is 7.89. The van der Waals surface area contributed by atoms with Crippen LogP contribution in [0.3, 0.4) is 0 Å². The number of nitrogens with zero attached hydrogens (tertiary/aromatic N) is 3. The van der Waals surface area contributed by atoms with E-state index in [1.807, 2.05) is 11.9 Å². The summed E-state index contributed by atoms with van der Waals surface area (Å²) in [5.41, 5.74) is 0.468. The molecule has 4 heterocycles. The third-order valence-corrected chi connectivity index (χ3v) is 10.6. The number of hydrogen-bond acceptors (Lipinski definition) is 10. The molecule has 202 valence electrons. The van der Waals surface area contributed by atoms with Gasteiger partial charge in [0, 0.05) is 20.1 Å². The molecule has 12 nitrogen and oxygen atoms in total. The van der Waals surface area contributed by atoms with Gasteiger partial charge in [0.15, 0.2) is 5.75 Å². The molecule has 3 aliphatic rings. The minimum Gasteiger partial charge on any atom is -0.504 e. The van der Waals surface area contributed by atoms with Gasteiger partial charge in [0.25, 0.3) is 0 Å². The van der Waals surface area contributed by atoms with E-state index in [-0.39, 0.29) is 21.6 Å². The summed E-state index contributed by atoms with van der Waals surface area (Å²) >= 11 is 0. The predicted molar refractivity (Wildman–Crippen MR) is 136 cm³/mol. The zero-order valence-electron chi connectivity index (χ0n) is 20.7. The van der Waals surface area contributed by atoms with Gasteiger partial charge in [-0.1, -0.05) is 6.07 Å². The van der Waals surface area contributed by atoms with Crippen LogP contribution in [0.4, 0.5) is 11.4 Å². The van der Waals surface area contributed by atoms with Crippen LogP contribution in [-0.2, 0) is 24.8 Å². The molecule has 14 heteroatoms. The molecule has 3 N–H and O–H groups in total. The Hall–Kier alpha value is -2.65. The topological polar surface area (TPSA) is 150 Å². The van der Waals surface area contributed by atoms with E-state index in [0.717, 1.165) is 0 Å². The Morgan fingerprint density at radius 1 is 1.16 bits per heavy atom. The SMILES string of the molecule is CNS(=O)(=O)c1cccc(N[C@H]2COC3(CCN(S(=O)(=O)c4cnc5c(c4)N(C)CCO5)CC3)C2)c1O. The van der Waals surface area contributed by atoms with Gasteiger partial charge in [0.1, 0.15) is 22.1 Å². The van der Waals surface area contributed by atoms with Crippen LogP contribution < -0.4 is 19.7 Å². The molecule has 3 aliphatic heterocycles. The molecule has 2 saturated heterocycles. The van der Waals surface area contributed by atoms with Crippen molar-refractivity contribution in [3.63, 3.8) is 0 Å². The summed E-state index contributed by atoms with van der Waals surface area (Å²) in [6, 6.07) is 5.95. The third-order valence-electron chi connectivity index (χ3n) is 7.28. The largest absolute Gasteiger partial charge is 0.504 e. The first-order valence-electron chi connectivity index (χ1n) is 12.0. The molecule has 0 bridgehead atoms. The maximum absolute atomic E-state index is 13.4. The van der Waals surface area contributed by atoms with Gasteiger partial charge < -0.3 is 24.8 Å². The number of pyridine rings is 1. The molecule has 0 saturated carbocycles. The molecule has 0 amide bonds. The number of piperidine rings is 1. The molecule has 2 aromatic rings. The average Bonchev–Trinajstić information content (AvgIpc) is 3.27. The van der Waals surface area contributed by atoms with Gasteiger partial charge in [-0.15, -0.1) is 0 Å². The van der Waals surface area contributed by atoms with Gasteiger partial charge in [-0.25, -0.2) is 26.5 Å². The number of ether oxygens (including phenoxy) is 2. The summed E-state index contributed by atoms with van der Waals surface area (Å²) in [6.45, 7) is 2.13. The van der Waals surface area contributed by atoms with Crippen LogP contribution in [0.2, 0.25) is 0 Å². The maximum Gasteiger partial charge on any atom is 0.244 e. The number of nitrogens with one attached hydrogen (secondary N) is 2. The highest BCUT2D eigenvalue weighted by Gasteiger charge is 2.45. The molecule has 1 spiro atoms. The van der Waals surface area contributed by atoms with Crippen LogP contribution in [0.5, 0.6) is 11.6 Å². The molecule has 0 unspecified atom stereocenters. The lowest BCUT2D eigenvalue weighted by Gasteiger charge is -2.38. The number of phenols is 1. The molecule has 1 aromatic carbocycles. The van der Waals surface area contributed by atoms with Crippen molar-refractivity contribution in [3.05, 3.63) is 30.5 Å². The number of likely N-dealkylation sites (N-methyl/N-ethyl adjacent to an activating group) is 1. The summed E-state index contributed by atoms with van der Waals surface area (Å²) in [5.74, 6) is 0.0803. The minimum atomic E-state index is -3.81. The van der Waals surface area contributed by atoms with Crippen molar-refractivity contribution >= 4 is 31.4 Å². The number of fused-ring (bicyclic) bond motifs is 1. The van der Waals surface area contributed by atoms with E-state index in [9.17, 15) is 21.9 Å². The summed E-state index contributed by atoms with van der Waals surface area (Å²) in [6.07, 6.45) is 2.99. The number of hydrogen-bond donors (Lipinski definition) is 3. The van der Waals surface area contributed by atoms with Crippen LogP contribution in [0, 0.1) is 0 Å². The lowest BCUT2D eigenvalue weighted by Crippen LogP contribution is -2.46. The van der Waals surface area contributed by atoms with Crippen LogP contribution in [0.1, 0.15) is 19.3 Å². The zero-order valence-corrected chi connectivity index (χ0v) is 22.3. The number of para-hydroxylation sites is 1. The number of aromatic nitrogens is 1. The minimum absolute atomic E-state index is 0.137. The monoisotopic (exact) mass is 553 g/mol. The van der Waals surface area contributed by atoms with Crippen molar-refractivity contribution in [2.24, 2.45) is 0 Å². The lowest BCUT2D eigenvalue weighted by molar-refractivity contribution is -0.0310. The van der Waals surface area contributed by atoms with Crippen LogP contribution in [0.15, 0.2) is 40.3 Å². The number of aromatic hydroxyl groups is 1. The van der Waals surface area contributed by atoms with Gasteiger partial charge in [-0.05, 0) is 44.5 Å². The van der Waals surface area contributed by atoms with Crippen LogP contribution in [-0.4, -0.2) is 89.8 Å². The average molecular weight is 554 g/mol. The first-order chi connectivity index (χ1) is 17.5. The van der Waals surface area contributed by atoms with E-state index in [0.29, 0.717) is 69.4 Å². The molecule has 0 radical (unpaired) electrons. The Morgan fingerprint density at radius 2 is 1.92 bits per heavy atom. The summed E-state index contributed by atoms with van der Waals surface area (Å²) < 4.78 is 66.4. The fourth-order valence-electron chi connectivity index (χ4n) is 5.10. The van der Waals surface area contributed by atoms with E-state index in [4.69, 9.17) is 9.47 Å². The van der Waals surface area contributed by atoms with E-state index < -0.39 is 25.6 Å². The van der Waals surface area contributed by atoms with Gasteiger partial charge in [-0.3, -0.25) is 0 Å². The van der Waals surface area contributed by atoms with E-state index in [2.05, 4.69) is 15.0 Å². The van der Waals surface area contributed by atoms with Gasteiger partial charge >= 0.3 is 0 Å². The number of benzene rings is 1. The number of sulfonamides is 2. The Balaban J connectivity index is 1.24. The van der Waals surface area contributed by atoms with Crippen molar-refractivity contribution < 1.29 is 31.4 Å². The second kappa shape index (κ2) is 9.58. The number of phenolic OH excluding ortho intramolecular Hbond substituents is 1. The van der Waals surface area contributed by atoms with E-state index in [1.165, 1.54) is 23.6 Å². The molecule has 2 fully saturated rings. The second-order valence-corrected chi connectivity index (χ2v) is 13.4. The van der Waals surface area contributed by atoms with Crippen LogP contribution in [0.25, 0.3) is 0 Å². The molecular formula is C23H31N5O7S2. The van der Waals surface area contributed by atoms with Crippen molar-refractivity contribution in [1.82, 2.24) is 14.0 Å². The Morgan fingerprint density at radius 3 is 2.65 bits per heavy atom. The molecular weight excluding hydrogens is 522 g/mol. The highest BCUT2D eigenvalue weighted by atomic mass is 32.2. The highest BCUT2D eigenvalue weighted by Crippen LogP contribution is 2.40. The quantitative estimate of drug-likeness (QED) is 0.441. The van der Waals surface area contributed by atoms with E-state index >= 15 is 0 Å². The molecule has 37 heavy (non-hydrogen) atoms. The summed E-state index contributed by atoms with van der Waals surface area (Å²) in [4.78, 5) is 6.08. The smallest absolute Gasteiger partial charge is 0.244 e. The Labute approximate surface area is 216 Å². The number of anilines is 2. The van der Waals surface area contributed by atoms with Gasteiger partial charge in [-0.2, -0.15) is 4.31 Å². The first-order valence-corrected chi connectivity index (χ1v) is 15.0. The second-order valence-electron chi connectivity index (χ2n) is 9.57. The van der Waals surface area contributed by atoms with Crippen molar-refractivity contribution in [3.8, 4) is 11.6 Å². The van der Waals surface area contributed by atoms with Crippen LogP contribution >= 0.6 is 0 Å². The van der Waals surface area contributed by atoms with Gasteiger partial charge in [0.05, 0.1) is 36.7 Å². The lowest BCUT2D eigenvalue weighted by atomic mass is 9.88. The standard InChI is InChI=1S/C23H31N5O7S2/c1-24-36(30,31)20-5-3-4-18(21(20)29)26-16-13-23(35-15-16)6-8-28(9-7-23)37(32,33)17-12-19-22(25-14-17)34-11-10-27(19)2/h3-5,12,14,16,24,26,29H,6-11,13,15H2,1-2H3/t16-/m1/s1. The third kappa shape index (κ3) is 4.83. The Kier molecular flexibility index (Phi) is 6.73.